The first-order valence-electron chi connectivity index (χ1n) is 6.55. The molecular formula is C12H22N2O5S. The number of carbonyl (C=O) groups excluding carboxylic acids is 1. The minimum atomic E-state index is -3.47. The number of carboxylic acid groups (broad SMARTS) is 1. The number of carbonyl (C=O) groups is 2. The van der Waals surface area contributed by atoms with Gasteiger partial charge in [-0.15, -0.1) is 0 Å². The summed E-state index contributed by atoms with van der Waals surface area (Å²) in [5, 5.41) is 9.23. The molecule has 0 bridgehead atoms. The van der Waals surface area contributed by atoms with Crippen LogP contribution in [0.25, 0.3) is 0 Å². The average Bonchev–Trinajstić information content (AvgIpc) is 2.77. The van der Waals surface area contributed by atoms with Crippen LogP contribution in [0.2, 0.25) is 0 Å². The number of amides is 1. The van der Waals surface area contributed by atoms with Gasteiger partial charge in [-0.1, -0.05) is 0 Å². The first kappa shape index (κ1) is 16.9. The van der Waals surface area contributed by atoms with E-state index < -0.39 is 33.5 Å². The highest BCUT2D eigenvalue weighted by Gasteiger charge is 2.44. The number of rotatable bonds is 5. The lowest BCUT2D eigenvalue weighted by atomic mass is 10.0. The molecule has 1 rings (SSSR count). The van der Waals surface area contributed by atoms with E-state index in [-0.39, 0.29) is 6.54 Å². The van der Waals surface area contributed by atoms with Crippen molar-refractivity contribution >= 4 is 21.9 Å². The quantitative estimate of drug-likeness (QED) is 0.778. The molecular weight excluding hydrogens is 284 g/mol. The average molecular weight is 306 g/mol. The summed E-state index contributed by atoms with van der Waals surface area (Å²) in [6.07, 6.45) is 2.10. The number of nitrogens with zero attached hydrogens (tertiary/aromatic N) is 2. The van der Waals surface area contributed by atoms with Crippen LogP contribution in [0.4, 0.5) is 0 Å². The standard InChI is InChI=1S/C12H22N2O5S/c1-5-13(12(2,3)11(16)17)10(15)9-7-6-8-14(9)20(4,18)19/h9H,5-8H2,1-4H3,(H,16,17). The summed E-state index contributed by atoms with van der Waals surface area (Å²) in [7, 11) is -3.47. The highest BCUT2D eigenvalue weighted by molar-refractivity contribution is 7.88. The smallest absolute Gasteiger partial charge is 0.329 e. The van der Waals surface area contributed by atoms with Crippen molar-refractivity contribution < 1.29 is 23.1 Å². The molecule has 20 heavy (non-hydrogen) atoms. The second-order valence-corrected chi connectivity index (χ2v) is 7.41. The van der Waals surface area contributed by atoms with Crippen LogP contribution in [0.5, 0.6) is 0 Å². The first-order valence-corrected chi connectivity index (χ1v) is 8.40. The van der Waals surface area contributed by atoms with Gasteiger partial charge in [0.2, 0.25) is 15.9 Å². The van der Waals surface area contributed by atoms with E-state index in [1.54, 1.807) is 6.92 Å². The highest BCUT2D eigenvalue weighted by atomic mass is 32.2. The predicted molar refractivity (Wildman–Crippen MR) is 73.7 cm³/mol. The van der Waals surface area contributed by atoms with Crippen LogP contribution in [0.15, 0.2) is 0 Å². The summed E-state index contributed by atoms with van der Waals surface area (Å²) in [6, 6.07) is -0.788. The second-order valence-electron chi connectivity index (χ2n) is 5.48. The fourth-order valence-corrected chi connectivity index (χ4v) is 3.62. The molecule has 1 aliphatic heterocycles. The predicted octanol–water partition coefficient (Wildman–Crippen LogP) is 0.122. The van der Waals surface area contributed by atoms with Gasteiger partial charge in [0.25, 0.3) is 0 Å². The van der Waals surface area contributed by atoms with Gasteiger partial charge in [0.15, 0.2) is 0 Å². The number of carboxylic acids is 1. The number of hydrogen-bond acceptors (Lipinski definition) is 4. The minimum Gasteiger partial charge on any atom is -0.480 e. The molecule has 0 spiro atoms. The van der Waals surface area contributed by atoms with Gasteiger partial charge in [0.1, 0.15) is 11.6 Å². The van der Waals surface area contributed by atoms with Crippen molar-refractivity contribution in [2.45, 2.75) is 45.2 Å². The van der Waals surface area contributed by atoms with E-state index in [1.165, 1.54) is 18.7 Å². The third-order valence-corrected chi connectivity index (χ3v) is 4.98. The maximum atomic E-state index is 12.5. The third kappa shape index (κ3) is 3.12. The first-order chi connectivity index (χ1) is 9.03. The van der Waals surface area contributed by atoms with Crippen LogP contribution >= 0.6 is 0 Å². The van der Waals surface area contributed by atoms with E-state index in [0.717, 1.165) is 10.6 Å². The zero-order chi connectivity index (χ0) is 15.7. The number of likely N-dealkylation sites (N-methyl/N-ethyl adjacent to an activating group) is 1. The maximum absolute atomic E-state index is 12.5. The maximum Gasteiger partial charge on any atom is 0.329 e. The van der Waals surface area contributed by atoms with Gasteiger partial charge in [-0.2, -0.15) is 4.31 Å². The van der Waals surface area contributed by atoms with Crippen molar-refractivity contribution in [3.8, 4) is 0 Å². The zero-order valence-electron chi connectivity index (χ0n) is 12.3. The Morgan fingerprint density at radius 1 is 1.40 bits per heavy atom. The van der Waals surface area contributed by atoms with Crippen LogP contribution in [0.3, 0.4) is 0 Å². The summed E-state index contributed by atoms with van der Waals surface area (Å²) >= 11 is 0. The highest BCUT2D eigenvalue weighted by Crippen LogP contribution is 2.25. The number of sulfonamides is 1. The molecule has 1 heterocycles. The monoisotopic (exact) mass is 306 g/mol. The summed E-state index contributed by atoms with van der Waals surface area (Å²) in [4.78, 5) is 25.1. The van der Waals surface area contributed by atoms with E-state index in [9.17, 15) is 23.1 Å². The summed E-state index contributed by atoms with van der Waals surface area (Å²) in [6.45, 7) is 5.09. The largest absolute Gasteiger partial charge is 0.480 e. The van der Waals surface area contributed by atoms with E-state index >= 15 is 0 Å². The minimum absolute atomic E-state index is 0.215. The molecule has 1 saturated heterocycles. The lowest BCUT2D eigenvalue weighted by Crippen LogP contribution is -2.58. The summed E-state index contributed by atoms with van der Waals surface area (Å²) < 4.78 is 24.5. The molecule has 8 heteroatoms. The SMILES string of the molecule is CCN(C(=O)C1CCCN1S(C)(=O)=O)C(C)(C)C(=O)O. The van der Waals surface area contributed by atoms with Gasteiger partial charge in [-0.25, -0.2) is 13.2 Å². The molecule has 1 atom stereocenters. The molecule has 0 saturated carbocycles. The van der Waals surface area contributed by atoms with Crippen molar-refractivity contribution in [2.24, 2.45) is 0 Å². The number of hydrogen-bond donors (Lipinski definition) is 1. The Morgan fingerprint density at radius 3 is 2.35 bits per heavy atom. The van der Waals surface area contributed by atoms with Crippen molar-refractivity contribution in [3.05, 3.63) is 0 Å². The lowest BCUT2D eigenvalue weighted by Gasteiger charge is -2.37. The number of aliphatic carboxylic acids is 1. The van der Waals surface area contributed by atoms with Crippen molar-refractivity contribution in [1.82, 2.24) is 9.21 Å². The Balaban J connectivity index is 3.06. The van der Waals surface area contributed by atoms with Crippen LogP contribution < -0.4 is 0 Å². The third-order valence-electron chi connectivity index (χ3n) is 3.70. The van der Waals surface area contributed by atoms with E-state index in [1.807, 2.05) is 0 Å². The molecule has 1 N–H and O–H groups in total. The molecule has 7 nitrogen and oxygen atoms in total. The van der Waals surface area contributed by atoms with Gasteiger partial charge >= 0.3 is 5.97 Å². The second kappa shape index (κ2) is 5.69. The van der Waals surface area contributed by atoms with Crippen LogP contribution in [0.1, 0.15) is 33.6 Å². The Morgan fingerprint density at radius 2 is 1.95 bits per heavy atom. The van der Waals surface area contributed by atoms with E-state index in [2.05, 4.69) is 0 Å². The molecule has 0 aromatic heterocycles. The lowest BCUT2D eigenvalue weighted by molar-refractivity contribution is -0.158. The molecule has 1 aliphatic rings. The zero-order valence-corrected chi connectivity index (χ0v) is 13.1. The van der Waals surface area contributed by atoms with Crippen LogP contribution in [-0.2, 0) is 19.6 Å². The van der Waals surface area contributed by atoms with Crippen LogP contribution in [0, 0.1) is 0 Å². The van der Waals surface area contributed by atoms with Crippen LogP contribution in [-0.4, -0.2) is 65.5 Å². The van der Waals surface area contributed by atoms with Crippen molar-refractivity contribution in [2.75, 3.05) is 19.3 Å². The van der Waals surface area contributed by atoms with E-state index in [0.29, 0.717) is 19.4 Å². The molecule has 1 fully saturated rings. The molecule has 0 aromatic carbocycles. The normalized spacial score (nSPS) is 20.9. The Kier molecular flexibility index (Phi) is 4.81. The molecule has 0 aromatic rings. The van der Waals surface area contributed by atoms with Crippen molar-refractivity contribution in [1.29, 1.82) is 0 Å². The Hall–Kier alpha value is -1.15. The molecule has 1 amide bonds. The summed E-state index contributed by atoms with van der Waals surface area (Å²) in [5.74, 6) is -1.56. The topological polar surface area (TPSA) is 95.0 Å². The fraction of sp³-hybridized carbons (Fsp3) is 0.833. The van der Waals surface area contributed by atoms with Gasteiger partial charge < -0.3 is 10.0 Å². The van der Waals surface area contributed by atoms with Gasteiger partial charge in [-0.3, -0.25) is 4.79 Å². The molecule has 1 unspecified atom stereocenters. The van der Waals surface area contributed by atoms with Gasteiger partial charge in [0, 0.05) is 13.1 Å². The molecule has 116 valence electrons. The van der Waals surface area contributed by atoms with Crippen molar-refractivity contribution in [3.63, 3.8) is 0 Å². The van der Waals surface area contributed by atoms with Gasteiger partial charge in [-0.05, 0) is 33.6 Å². The van der Waals surface area contributed by atoms with E-state index in [4.69, 9.17) is 0 Å². The Labute approximate surface area is 119 Å². The van der Waals surface area contributed by atoms with Gasteiger partial charge in [0.05, 0.1) is 6.26 Å². The Bertz CT molecular complexity index is 500. The molecule has 0 radical (unpaired) electrons. The fourth-order valence-electron chi connectivity index (χ4n) is 2.51. The summed E-state index contributed by atoms with van der Waals surface area (Å²) in [5.41, 5.74) is -1.36. The molecule has 0 aliphatic carbocycles.